The summed E-state index contributed by atoms with van der Waals surface area (Å²) in [6.45, 7) is 1.78. The third-order valence-electron chi connectivity index (χ3n) is 5.55. The Morgan fingerprint density at radius 2 is 1.97 bits per heavy atom. The van der Waals surface area contributed by atoms with E-state index in [9.17, 15) is 10.1 Å². The lowest BCUT2D eigenvalue weighted by Gasteiger charge is -2.05. The summed E-state index contributed by atoms with van der Waals surface area (Å²) < 4.78 is 13.1. The molecule has 1 fully saturated rings. The Kier molecular flexibility index (Phi) is 3.92. The molecular weight excluding hydrogens is 406 g/mol. The van der Waals surface area contributed by atoms with Crippen LogP contribution in [0.4, 0.5) is 0 Å². The van der Waals surface area contributed by atoms with E-state index in [2.05, 4.69) is 21.1 Å². The van der Waals surface area contributed by atoms with Gasteiger partial charge in [0.2, 0.25) is 5.89 Å². The molecule has 0 bridgehead atoms. The highest BCUT2D eigenvalue weighted by Gasteiger charge is 2.26. The van der Waals surface area contributed by atoms with Crippen LogP contribution in [0.2, 0.25) is 0 Å². The Bertz CT molecular complexity index is 1600. The third kappa shape index (κ3) is 2.79. The molecule has 32 heavy (non-hydrogen) atoms. The fraction of sp³-hybridized carbons (Fsp3) is 0.167. The van der Waals surface area contributed by atoms with E-state index < -0.39 is 5.56 Å². The number of para-hydroxylation sites is 1. The summed E-state index contributed by atoms with van der Waals surface area (Å²) in [6.07, 6.45) is 2.27. The van der Waals surface area contributed by atoms with E-state index in [0.29, 0.717) is 33.8 Å². The van der Waals surface area contributed by atoms with E-state index in [0.717, 1.165) is 18.4 Å². The first-order valence-corrected chi connectivity index (χ1v) is 10.3. The van der Waals surface area contributed by atoms with Crippen LogP contribution in [0, 0.1) is 18.3 Å². The van der Waals surface area contributed by atoms with Crippen LogP contribution in [0.15, 0.2) is 57.7 Å². The smallest absolute Gasteiger partial charge is 0.287 e. The van der Waals surface area contributed by atoms with Gasteiger partial charge in [0.05, 0.1) is 11.7 Å². The van der Waals surface area contributed by atoms with Crippen LogP contribution < -0.4 is 10.3 Å². The topological polar surface area (TPSA) is 109 Å². The van der Waals surface area contributed by atoms with Gasteiger partial charge in [-0.25, -0.2) is 4.98 Å². The minimum Gasteiger partial charge on any atom is -0.488 e. The number of rotatable bonds is 4. The molecule has 0 atom stereocenters. The van der Waals surface area contributed by atoms with Crippen LogP contribution in [0.3, 0.4) is 0 Å². The van der Waals surface area contributed by atoms with E-state index in [-0.39, 0.29) is 23.3 Å². The van der Waals surface area contributed by atoms with Crippen molar-refractivity contribution in [2.75, 3.05) is 0 Å². The number of H-pyrrole nitrogens is 1. The standard InChI is InChI=1S/C24H17N5O3/c1-13-19(23-27-21-17(31-15-10-11-15)8-5-9-18(21)32-23)24(30)29-22(26-13)20(16(12-25)28-29)14-6-3-2-4-7-14/h2-9,15,26H,10-11H2,1H3. The van der Waals surface area contributed by atoms with Crippen molar-refractivity contribution < 1.29 is 9.15 Å². The summed E-state index contributed by atoms with van der Waals surface area (Å²) in [5.41, 5.74) is 3.54. The number of ether oxygens (including phenoxy) is 1. The quantitative estimate of drug-likeness (QED) is 0.464. The normalized spacial score (nSPS) is 13.5. The number of aromatic nitrogens is 4. The van der Waals surface area contributed by atoms with E-state index in [1.165, 1.54) is 4.52 Å². The molecule has 3 heterocycles. The summed E-state index contributed by atoms with van der Waals surface area (Å²) in [6, 6.07) is 17.0. The maximum Gasteiger partial charge on any atom is 0.287 e. The number of nitrogens with one attached hydrogen (secondary N) is 1. The Hall–Kier alpha value is -4.38. The third-order valence-corrected chi connectivity index (χ3v) is 5.55. The highest BCUT2D eigenvalue weighted by Crippen LogP contribution is 2.34. The van der Waals surface area contributed by atoms with Crippen molar-refractivity contribution in [1.82, 2.24) is 19.6 Å². The first kappa shape index (κ1) is 18.4. The van der Waals surface area contributed by atoms with Crippen LogP contribution in [0.5, 0.6) is 5.75 Å². The maximum atomic E-state index is 13.5. The van der Waals surface area contributed by atoms with Crippen molar-refractivity contribution in [1.29, 1.82) is 5.26 Å². The summed E-state index contributed by atoms with van der Waals surface area (Å²) in [5, 5.41) is 13.9. The summed E-state index contributed by atoms with van der Waals surface area (Å²) in [5.74, 6) is 0.829. The Morgan fingerprint density at radius 3 is 2.72 bits per heavy atom. The average molecular weight is 423 g/mol. The number of hydrogen-bond acceptors (Lipinski definition) is 6. The lowest BCUT2D eigenvalue weighted by atomic mass is 10.1. The zero-order chi connectivity index (χ0) is 21.8. The van der Waals surface area contributed by atoms with Crippen LogP contribution in [-0.2, 0) is 0 Å². The van der Waals surface area contributed by atoms with E-state index in [4.69, 9.17) is 9.15 Å². The van der Waals surface area contributed by atoms with E-state index in [1.807, 2.05) is 42.5 Å². The zero-order valence-corrected chi connectivity index (χ0v) is 17.1. The van der Waals surface area contributed by atoms with Crippen molar-refractivity contribution in [3.8, 4) is 34.4 Å². The molecule has 6 rings (SSSR count). The van der Waals surface area contributed by atoms with Crippen LogP contribution in [0.25, 0.3) is 39.3 Å². The molecule has 0 saturated heterocycles. The van der Waals surface area contributed by atoms with Gasteiger partial charge in [0.15, 0.2) is 16.8 Å². The largest absolute Gasteiger partial charge is 0.488 e. The van der Waals surface area contributed by atoms with Crippen LogP contribution in [-0.4, -0.2) is 25.7 Å². The van der Waals surface area contributed by atoms with E-state index in [1.54, 1.807) is 13.0 Å². The molecule has 0 aliphatic heterocycles. The predicted molar refractivity (Wildman–Crippen MR) is 117 cm³/mol. The zero-order valence-electron chi connectivity index (χ0n) is 17.1. The van der Waals surface area contributed by atoms with Crippen molar-refractivity contribution in [3.05, 3.63) is 70.3 Å². The molecule has 1 N–H and O–H groups in total. The molecule has 156 valence electrons. The average Bonchev–Trinajstić information content (AvgIpc) is 3.38. The first-order chi connectivity index (χ1) is 15.6. The molecule has 8 heteroatoms. The number of aryl methyl sites for hydroxylation is 1. The number of hydrogen-bond donors (Lipinski definition) is 1. The minimum atomic E-state index is -0.411. The highest BCUT2D eigenvalue weighted by molar-refractivity contribution is 5.84. The predicted octanol–water partition coefficient (Wildman–Crippen LogP) is 4.22. The van der Waals surface area contributed by atoms with Gasteiger partial charge >= 0.3 is 0 Å². The van der Waals surface area contributed by atoms with Gasteiger partial charge in [-0.05, 0) is 37.5 Å². The van der Waals surface area contributed by atoms with Crippen LogP contribution >= 0.6 is 0 Å². The maximum absolute atomic E-state index is 13.5. The second kappa shape index (κ2) is 6.82. The van der Waals surface area contributed by atoms with Gasteiger partial charge in [-0.1, -0.05) is 36.4 Å². The molecule has 0 amide bonds. The van der Waals surface area contributed by atoms with Crippen molar-refractivity contribution >= 4 is 16.7 Å². The molecule has 2 aromatic carbocycles. The Labute approximate surface area is 181 Å². The molecule has 1 saturated carbocycles. The van der Waals surface area contributed by atoms with Gasteiger partial charge in [0.25, 0.3) is 5.56 Å². The Balaban J connectivity index is 1.57. The fourth-order valence-electron chi connectivity index (χ4n) is 3.89. The molecule has 1 aliphatic carbocycles. The van der Waals surface area contributed by atoms with Crippen molar-refractivity contribution in [3.63, 3.8) is 0 Å². The first-order valence-electron chi connectivity index (χ1n) is 10.3. The molecule has 5 aromatic rings. The number of nitrogens with zero attached hydrogens (tertiary/aromatic N) is 4. The van der Waals surface area contributed by atoms with Gasteiger partial charge < -0.3 is 14.1 Å². The van der Waals surface area contributed by atoms with Gasteiger partial charge in [-0.15, -0.1) is 0 Å². The van der Waals surface area contributed by atoms with Crippen molar-refractivity contribution in [2.45, 2.75) is 25.9 Å². The Morgan fingerprint density at radius 1 is 1.16 bits per heavy atom. The SMILES string of the molecule is Cc1[nH]c2c(-c3ccccc3)c(C#N)nn2c(=O)c1-c1nc2c(OC3CC3)cccc2o1. The van der Waals surface area contributed by atoms with Gasteiger partial charge in [-0.2, -0.15) is 14.9 Å². The monoisotopic (exact) mass is 423 g/mol. The minimum absolute atomic E-state index is 0.166. The van der Waals surface area contributed by atoms with Gasteiger partial charge in [0, 0.05) is 5.69 Å². The lowest BCUT2D eigenvalue weighted by Crippen LogP contribution is -2.19. The molecule has 8 nitrogen and oxygen atoms in total. The van der Waals surface area contributed by atoms with Crippen LogP contribution in [0.1, 0.15) is 24.2 Å². The van der Waals surface area contributed by atoms with E-state index >= 15 is 0 Å². The summed E-state index contributed by atoms with van der Waals surface area (Å²) in [4.78, 5) is 21.3. The number of fused-ring (bicyclic) bond motifs is 2. The number of benzene rings is 2. The molecule has 0 unspecified atom stereocenters. The molecule has 0 spiro atoms. The number of oxazole rings is 1. The fourth-order valence-corrected chi connectivity index (χ4v) is 3.89. The van der Waals surface area contributed by atoms with Gasteiger partial charge in [-0.3, -0.25) is 4.79 Å². The summed E-state index contributed by atoms with van der Waals surface area (Å²) >= 11 is 0. The number of aromatic amines is 1. The second-order valence-electron chi connectivity index (χ2n) is 7.83. The molecule has 3 aromatic heterocycles. The van der Waals surface area contributed by atoms with Gasteiger partial charge in [0.1, 0.15) is 23.0 Å². The highest BCUT2D eigenvalue weighted by atomic mass is 16.5. The van der Waals surface area contributed by atoms with Crippen molar-refractivity contribution in [2.24, 2.45) is 0 Å². The molecule has 0 radical (unpaired) electrons. The summed E-state index contributed by atoms with van der Waals surface area (Å²) in [7, 11) is 0. The second-order valence-corrected chi connectivity index (χ2v) is 7.83. The number of nitriles is 1. The molecular formula is C24H17N5O3. The molecule has 1 aliphatic rings. The lowest BCUT2D eigenvalue weighted by molar-refractivity contribution is 0.306.